The van der Waals surface area contributed by atoms with E-state index in [0.717, 1.165) is 45.0 Å². The zero-order valence-corrected chi connectivity index (χ0v) is 25.0. The molecule has 6 heteroatoms. The van der Waals surface area contributed by atoms with Gasteiger partial charge in [-0.05, 0) is 93.7 Å². The Balaban J connectivity index is 1.42. The highest BCUT2D eigenvalue weighted by Crippen LogP contribution is 2.39. The van der Waals surface area contributed by atoms with Crippen molar-refractivity contribution in [2.75, 3.05) is 13.7 Å². The lowest BCUT2D eigenvalue weighted by Crippen LogP contribution is -2.11. The topological polar surface area (TPSA) is 88.5 Å². The summed E-state index contributed by atoms with van der Waals surface area (Å²) in [5.41, 5.74) is 15.8. The molecule has 0 bridgehead atoms. The van der Waals surface area contributed by atoms with Crippen LogP contribution in [-0.2, 0) is 0 Å². The summed E-state index contributed by atoms with van der Waals surface area (Å²) in [6.45, 7) is 4.96. The molecular weight excluding hydrogens is 540 g/mol. The van der Waals surface area contributed by atoms with Crippen LogP contribution in [0.2, 0.25) is 0 Å². The summed E-state index contributed by atoms with van der Waals surface area (Å²) in [5.74, 6) is 0. The summed E-state index contributed by atoms with van der Waals surface area (Å²) in [5, 5.41) is 10.5. The lowest BCUT2D eigenvalue weighted by Gasteiger charge is -2.15. The molecule has 1 aliphatic rings. The highest BCUT2D eigenvalue weighted by Gasteiger charge is 2.14. The van der Waals surface area contributed by atoms with E-state index in [0.29, 0.717) is 6.67 Å². The van der Waals surface area contributed by atoms with E-state index in [9.17, 15) is 0 Å². The molecule has 3 N–H and O–H groups in total. The number of allylic oxidation sites excluding steroid dienone is 2. The van der Waals surface area contributed by atoms with Gasteiger partial charge in [0.15, 0.2) is 0 Å². The predicted molar refractivity (Wildman–Crippen MR) is 186 cm³/mol. The van der Waals surface area contributed by atoms with Gasteiger partial charge in [0.2, 0.25) is 0 Å². The number of aryl methyl sites for hydroxylation is 2. The number of hydrogen-bond donors (Lipinski definition) is 2. The van der Waals surface area contributed by atoms with Crippen molar-refractivity contribution in [3.8, 4) is 22.5 Å². The summed E-state index contributed by atoms with van der Waals surface area (Å²) in [6.07, 6.45) is 7.12. The zero-order valence-electron chi connectivity index (χ0n) is 25.0. The van der Waals surface area contributed by atoms with Gasteiger partial charge in [-0.25, -0.2) is 9.97 Å². The van der Waals surface area contributed by atoms with Crippen LogP contribution in [0, 0.1) is 13.8 Å². The second-order valence-corrected chi connectivity index (χ2v) is 11.1. The molecule has 0 atom stereocenters. The van der Waals surface area contributed by atoms with Gasteiger partial charge in [-0.1, -0.05) is 48.5 Å². The molecule has 214 valence electrons. The summed E-state index contributed by atoms with van der Waals surface area (Å²) in [6, 6.07) is 30.2. The van der Waals surface area contributed by atoms with E-state index >= 15 is 0 Å². The quantitative estimate of drug-likeness (QED) is 0.163. The molecule has 2 aromatic heterocycles. The minimum atomic E-state index is 0.596. The minimum absolute atomic E-state index is 0.596. The molecule has 0 saturated heterocycles. The van der Waals surface area contributed by atoms with E-state index in [-0.39, 0.29) is 0 Å². The first-order chi connectivity index (χ1) is 21.5. The number of benzene rings is 4. The molecule has 0 saturated carbocycles. The number of pyridine rings is 2. The summed E-state index contributed by atoms with van der Waals surface area (Å²) >= 11 is 0. The Morgan fingerprint density at radius 2 is 1.32 bits per heavy atom. The second-order valence-electron chi connectivity index (χ2n) is 11.1. The van der Waals surface area contributed by atoms with Crippen molar-refractivity contribution in [1.29, 1.82) is 0 Å². The highest BCUT2D eigenvalue weighted by atomic mass is 15.0. The Kier molecular flexibility index (Phi) is 6.95. The largest absolute Gasteiger partial charge is 0.404 e. The first-order valence-corrected chi connectivity index (χ1v) is 14.7. The number of hydrogen-bond acceptors (Lipinski definition) is 6. The normalized spacial score (nSPS) is 13.6. The van der Waals surface area contributed by atoms with Gasteiger partial charge in [-0.3, -0.25) is 9.98 Å². The molecule has 0 radical (unpaired) electrons. The number of aliphatic imine (C=N–C) groups is 2. The lowest BCUT2D eigenvalue weighted by atomic mass is 9.89. The van der Waals surface area contributed by atoms with Crippen molar-refractivity contribution < 1.29 is 0 Å². The van der Waals surface area contributed by atoms with Crippen LogP contribution < -0.4 is 11.1 Å². The number of nitrogens with zero attached hydrogens (tertiary/aromatic N) is 4. The molecule has 0 aliphatic carbocycles. The average Bonchev–Trinajstić information content (AvgIpc) is 3.08. The molecule has 3 heterocycles. The Morgan fingerprint density at radius 3 is 1.91 bits per heavy atom. The second kappa shape index (κ2) is 11.2. The molecule has 0 spiro atoms. The highest BCUT2D eigenvalue weighted by molar-refractivity contribution is 6.26. The number of nitrogens with two attached hydrogens (primary N) is 1. The first kappa shape index (κ1) is 27.2. The van der Waals surface area contributed by atoms with E-state index in [2.05, 4.69) is 89.8 Å². The molecule has 0 fully saturated rings. The van der Waals surface area contributed by atoms with Crippen molar-refractivity contribution in [3.05, 3.63) is 120 Å². The van der Waals surface area contributed by atoms with Crippen molar-refractivity contribution in [2.24, 2.45) is 15.7 Å². The van der Waals surface area contributed by atoms with Crippen LogP contribution in [0.1, 0.15) is 22.5 Å². The fraction of sp³-hybridized carbons (Fsp3) is 0.105. The monoisotopic (exact) mass is 572 g/mol. The molecule has 4 aromatic carbocycles. The summed E-state index contributed by atoms with van der Waals surface area (Å²) in [7, 11) is 1.73. The minimum Gasteiger partial charge on any atom is -0.404 e. The molecule has 0 amide bonds. The number of fused-ring (bicyclic) bond motifs is 6. The fourth-order valence-corrected chi connectivity index (χ4v) is 5.96. The molecule has 0 unspecified atom stereocenters. The Morgan fingerprint density at radius 1 is 0.727 bits per heavy atom. The van der Waals surface area contributed by atoms with Gasteiger partial charge in [0.05, 0.1) is 22.8 Å². The summed E-state index contributed by atoms with van der Waals surface area (Å²) < 4.78 is 0. The van der Waals surface area contributed by atoms with Crippen molar-refractivity contribution in [3.63, 3.8) is 0 Å². The number of rotatable bonds is 5. The number of aromatic nitrogens is 2. The zero-order chi connectivity index (χ0) is 30.2. The van der Waals surface area contributed by atoms with Crippen LogP contribution in [-0.4, -0.2) is 36.1 Å². The third-order valence-electron chi connectivity index (χ3n) is 8.34. The predicted octanol–water partition coefficient (Wildman–Crippen LogP) is 7.86. The van der Waals surface area contributed by atoms with E-state index < -0.39 is 0 Å². The van der Waals surface area contributed by atoms with Gasteiger partial charge in [0, 0.05) is 54.1 Å². The fourth-order valence-electron chi connectivity index (χ4n) is 5.96. The third kappa shape index (κ3) is 4.80. The lowest BCUT2D eigenvalue weighted by molar-refractivity contribution is 0.881. The van der Waals surface area contributed by atoms with E-state index in [1.165, 1.54) is 43.4 Å². The van der Waals surface area contributed by atoms with Crippen LogP contribution in [0.5, 0.6) is 0 Å². The molecule has 7 rings (SSSR count). The van der Waals surface area contributed by atoms with Crippen LogP contribution >= 0.6 is 0 Å². The standard InChI is InChI=1S/C38H32N6/c1-23-14-31-32(15-24(23)2)34-17-26(36-7-5-9-38(44-36)28-20-41-22-42-21-28)11-13-30(34)29-12-10-25(16-33(29)31)35-6-4-8-37(43-35)27(18-39)19-40-3/h4-21,41H,22,39H2,1-3H3/b27-18+,40-19?. The van der Waals surface area contributed by atoms with Crippen LogP contribution in [0.3, 0.4) is 0 Å². The van der Waals surface area contributed by atoms with Crippen LogP contribution in [0.4, 0.5) is 0 Å². The molecule has 44 heavy (non-hydrogen) atoms. The average molecular weight is 573 g/mol. The van der Waals surface area contributed by atoms with Gasteiger partial charge >= 0.3 is 0 Å². The number of nitrogens with one attached hydrogen (secondary N) is 1. The first-order valence-electron chi connectivity index (χ1n) is 14.7. The Labute approximate surface area is 256 Å². The SMILES string of the molecule is CN=C/C(=C\N)c1cccc(-c2ccc3c4ccc(-c5cccc(C6=CNCN=C6)n5)cc4c4cc(C)c(C)cc4c3c2)n1. The van der Waals surface area contributed by atoms with Gasteiger partial charge in [0.25, 0.3) is 0 Å². The molecular formula is C38H32N6. The molecule has 6 aromatic rings. The smallest absolute Gasteiger partial charge is 0.107 e. The van der Waals surface area contributed by atoms with Crippen molar-refractivity contribution in [2.45, 2.75) is 13.8 Å². The van der Waals surface area contributed by atoms with Crippen LogP contribution in [0.25, 0.3) is 66.0 Å². The van der Waals surface area contributed by atoms with Gasteiger partial charge in [0.1, 0.15) is 6.67 Å². The molecule has 6 nitrogen and oxygen atoms in total. The van der Waals surface area contributed by atoms with E-state index in [1.54, 1.807) is 19.5 Å². The summed E-state index contributed by atoms with van der Waals surface area (Å²) in [4.78, 5) is 18.4. The van der Waals surface area contributed by atoms with Crippen molar-refractivity contribution >= 4 is 55.9 Å². The van der Waals surface area contributed by atoms with Gasteiger partial charge < -0.3 is 11.1 Å². The Bertz CT molecular complexity index is 2090. The third-order valence-corrected chi connectivity index (χ3v) is 8.34. The van der Waals surface area contributed by atoms with Gasteiger partial charge in [-0.15, -0.1) is 0 Å². The Hall–Kier alpha value is -5.62. The van der Waals surface area contributed by atoms with E-state index in [1.807, 2.05) is 36.7 Å². The van der Waals surface area contributed by atoms with Crippen molar-refractivity contribution in [1.82, 2.24) is 15.3 Å². The molecule has 1 aliphatic heterocycles. The van der Waals surface area contributed by atoms with Crippen LogP contribution in [0.15, 0.2) is 107 Å². The van der Waals surface area contributed by atoms with Gasteiger partial charge in [-0.2, -0.15) is 0 Å². The maximum atomic E-state index is 5.88. The maximum Gasteiger partial charge on any atom is 0.107 e. The van der Waals surface area contributed by atoms with E-state index in [4.69, 9.17) is 15.7 Å². The maximum absolute atomic E-state index is 5.88.